The molecule has 1 heteroatoms. The topological polar surface area (TPSA) is 3.24 Å². The molecule has 0 fully saturated rings. The van der Waals surface area contributed by atoms with Crippen molar-refractivity contribution in [3.63, 3.8) is 0 Å². The van der Waals surface area contributed by atoms with E-state index < -0.39 is 0 Å². The van der Waals surface area contributed by atoms with Crippen molar-refractivity contribution >= 4 is 5.69 Å². The number of anilines is 1. The van der Waals surface area contributed by atoms with Gasteiger partial charge in [0.2, 0.25) is 0 Å². The number of hydrogen-bond donors (Lipinski definition) is 0. The Labute approximate surface area is 107 Å². The largest absolute Gasteiger partial charge is 0.374 e. The highest BCUT2D eigenvalue weighted by molar-refractivity contribution is 5.58. The summed E-state index contributed by atoms with van der Waals surface area (Å²) in [4.78, 5) is 2.44. The lowest BCUT2D eigenvalue weighted by Crippen LogP contribution is -2.26. The third-order valence-electron chi connectivity index (χ3n) is 3.63. The molecule has 0 radical (unpaired) electrons. The molecule has 0 aromatic heterocycles. The van der Waals surface area contributed by atoms with Crippen LogP contribution >= 0.6 is 0 Å². The zero-order chi connectivity index (χ0) is 12.8. The Morgan fingerprint density at radius 1 is 1.12 bits per heavy atom. The Kier molecular flexibility index (Phi) is 5.54. The van der Waals surface area contributed by atoms with Crippen LogP contribution in [0.3, 0.4) is 0 Å². The van der Waals surface area contributed by atoms with Crippen molar-refractivity contribution in [2.75, 3.05) is 18.5 Å². The van der Waals surface area contributed by atoms with Crippen LogP contribution in [-0.2, 0) is 0 Å². The van der Waals surface area contributed by atoms with Gasteiger partial charge in [0.15, 0.2) is 0 Å². The summed E-state index contributed by atoms with van der Waals surface area (Å²) in [5.74, 6) is 0.823. The van der Waals surface area contributed by atoms with E-state index in [0.29, 0.717) is 0 Å². The van der Waals surface area contributed by atoms with Gasteiger partial charge in [-0.15, -0.1) is 0 Å². The summed E-state index contributed by atoms with van der Waals surface area (Å²) < 4.78 is 0. The molecule has 0 amide bonds. The molecule has 0 saturated heterocycles. The average Bonchev–Trinajstić information content (AvgIpc) is 2.28. The Bertz CT molecular complexity index is 323. The summed E-state index contributed by atoms with van der Waals surface area (Å²) in [6, 6.07) is 6.56. The van der Waals surface area contributed by atoms with Gasteiger partial charge < -0.3 is 4.90 Å². The van der Waals surface area contributed by atoms with Gasteiger partial charge in [-0.2, -0.15) is 0 Å². The Balaban J connectivity index is 2.78. The van der Waals surface area contributed by atoms with E-state index in [1.807, 2.05) is 0 Å². The van der Waals surface area contributed by atoms with Gasteiger partial charge in [0, 0.05) is 19.3 Å². The second-order valence-corrected chi connectivity index (χ2v) is 5.18. The van der Waals surface area contributed by atoms with Crippen molar-refractivity contribution in [3.05, 3.63) is 29.3 Å². The fraction of sp³-hybridized carbons (Fsp3) is 0.625. The number of aryl methyl sites for hydroxylation is 2. The lowest BCUT2D eigenvalue weighted by Gasteiger charge is -2.27. The molecule has 0 aliphatic heterocycles. The average molecular weight is 233 g/mol. The molecular formula is C16H27N. The minimum Gasteiger partial charge on any atom is -0.374 e. The number of hydrogen-bond acceptors (Lipinski definition) is 1. The first-order valence-electron chi connectivity index (χ1n) is 6.87. The van der Waals surface area contributed by atoms with Crippen molar-refractivity contribution in [1.29, 1.82) is 0 Å². The molecule has 0 bridgehead atoms. The molecule has 1 aromatic rings. The molecule has 0 spiro atoms. The van der Waals surface area contributed by atoms with Crippen molar-refractivity contribution < 1.29 is 0 Å². The molecule has 96 valence electrons. The third kappa shape index (κ3) is 3.76. The smallest absolute Gasteiger partial charge is 0.0423 e. The second-order valence-electron chi connectivity index (χ2n) is 5.18. The van der Waals surface area contributed by atoms with Gasteiger partial charge in [-0.25, -0.2) is 0 Å². The standard InChI is InChI=1S/C16H27N/c1-6-9-15(7-2)12-17(5)16-13(3)10-8-11-14(16)4/h8,10-11,15H,6-7,9,12H2,1-5H3. The molecule has 17 heavy (non-hydrogen) atoms. The first-order chi connectivity index (χ1) is 8.10. The maximum atomic E-state index is 2.44. The van der Waals surface area contributed by atoms with E-state index >= 15 is 0 Å². The highest BCUT2D eigenvalue weighted by Crippen LogP contribution is 2.25. The van der Waals surface area contributed by atoms with E-state index in [4.69, 9.17) is 0 Å². The normalized spacial score (nSPS) is 12.5. The highest BCUT2D eigenvalue weighted by Gasteiger charge is 2.12. The fourth-order valence-electron chi connectivity index (χ4n) is 2.72. The number of benzene rings is 1. The molecule has 0 heterocycles. The first-order valence-corrected chi connectivity index (χ1v) is 6.87. The van der Waals surface area contributed by atoms with Gasteiger partial charge in [-0.05, 0) is 37.3 Å². The van der Waals surface area contributed by atoms with Gasteiger partial charge >= 0.3 is 0 Å². The quantitative estimate of drug-likeness (QED) is 0.696. The highest BCUT2D eigenvalue weighted by atomic mass is 15.1. The van der Waals surface area contributed by atoms with E-state index in [-0.39, 0.29) is 0 Å². The van der Waals surface area contributed by atoms with E-state index in [1.165, 1.54) is 42.6 Å². The van der Waals surface area contributed by atoms with Gasteiger partial charge in [-0.1, -0.05) is 44.9 Å². The minimum absolute atomic E-state index is 0.823. The van der Waals surface area contributed by atoms with Crippen molar-refractivity contribution in [3.8, 4) is 0 Å². The molecule has 1 aromatic carbocycles. The van der Waals surface area contributed by atoms with Crippen LogP contribution in [-0.4, -0.2) is 13.6 Å². The van der Waals surface area contributed by atoms with Crippen LogP contribution in [0.15, 0.2) is 18.2 Å². The lowest BCUT2D eigenvalue weighted by atomic mass is 9.99. The molecule has 0 aliphatic carbocycles. The summed E-state index contributed by atoms with van der Waals surface area (Å²) in [5, 5.41) is 0. The molecule has 0 aliphatic rings. The van der Waals surface area contributed by atoms with Crippen molar-refractivity contribution in [1.82, 2.24) is 0 Å². The van der Waals surface area contributed by atoms with E-state index in [0.717, 1.165) is 5.92 Å². The van der Waals surface area contributed by atoms with Gasteiger partial charge in [-0.3, -0.25) is 0 Å². The van der Waals surface area contributed by atoms with Crippen LogP contribution in [0.25, 0.3) is 0 Å². The van der Waals surface area contributed by atoms with Crippen LogP contribution in [0.4, 0.5) is 5.69 Å². The lowest BCUT2D eigenvalue weighted by molar-refractivity contribution is 0.466. The molecule has 1 unspecified atom stereocenters. The number of para-hydroxylation sites is 1. The molecule has 1 rings (SSSR count). The molecule has 1 nitrogen and oxygen atoms in total. The van der Waals surface area contributed by atoms with Crippen molar-refractivity contribution in [2.24, 2.45) is 5.92 Å². The Hall–Kier alpha value is -0.980. The fourth-order valence-corrected chi connectivity index (χ4v) is 2.72. The van der Waals surface area contributed by atoms with Crippen LogP contribution in [0.2, 0.25) is 0 Å². The monoisotopic (exact) mass is 233 g/mol. The zero-order valence-corrected chi connectivity index (χ0v) is 12.1. The summed E-state index contributed by atoms with van der Waals surface area (Å²) in [7, 11) is 2.23. The van der Waals surface area contributed by atoms with E-state index in [1.54, 1.807) is 0 Å². The maximum Gasteiger partial charge on any atom is 0.0423 e. The maximum absolute atomic E-state index is 2.44. The predicted octanol–water partition coefficient (Wildman–Crippen LogP) is 4.57. The summed E-state index contributed by atoms with van der Waals surface area (Å²) in [6.07, 6.45) is 3.91. The van der Waals surface area contributed by atoms with E-state index in [9.17, 15) is 0 Å². The molecule has 1 atom stereocenters. The van der Waals surface area contributed by atoms with Crippen LogP contribution in [0.5, 0.6) is 0 Å². The Morgan fingerprint density at radius 3 is 2.18 bits per heavy atom. The van der Waals surface area contributed by atoms with Gasteiger partial charge in [0.25, 0.3) is 0 Å². The Morgan fingerprint density at radius 2 is 1.71 bits per heavy atom. The zero-order valence-electron chi connectivity index (χ0n) is 12.1. The summed E-state index contributed by atoms with van der Waals surface area (Å²) >= 11 is 0. The van der Waals surface area contributed by atoms with Crippen LogP contribution in [0.1, 0.15) is 44.2 Å². The third-order valence-corrected chi connectivity index (χ3v) is 3.63. The molecular weight excluding hydrogens is 206 g/mol. The predicted molar refractivity (Wildman–Crippen MR) is 77.9 cm³/mol. The van der Waals surface area contributed by atoms with Crippen molar-refractivity contribution in [2.45, 2.75) is 47.0 Å². The second kappa shape index (κ2) is 6.68. The van der Waals surface area contributed by atoms with Gasteiger partial charge in [0.1, 0.15) is 0 Å². The SMILES string of the molecule is CCCC(CC)CN(C)c1c(C)cccc1C. The van der Waals surface area contributed by atoms with Crippen LogP contribution < -0.4 is 4.90 Å². The first kappa shape index (κ1) is 14.1. The minimum atomic E-state index is 0.823. The van der Waals surface area contributed by atoms with Gasteiger partial charge in [0.05, 0.1) is 0 Å². The van der Waals surface area contributed by atoms with E-state index in [2.05, 4.69) is 57.8 Å². The summed E-state index contributed by atoms with van der Waals surface area (Å²) in [5.41, 5.74) is 4.19. The number of nitrogens with zero attached hydrogens (tertiary/aromatic N) is 1. The summed E-state index contributed by atoms with van der Waals surface area (Å²) in [6.45, 7) is 10.2. The molecule has 0 N–H and O–H groups in total. The number of rotatable bonds is 6. The molecule has 0 saturated carbocycles. The van der Waals surface area contributed by atoms with Crippen LogP contribution in [0, 0.1) is 19.8 Å².